The van der Waals surface area contributed by atoms with Crippen molar-refractivity contribution in [2.24, 2.45) is 11.3 Å². The Bertz CT molecular complexity index is 660. The summed E-state index contributed by atoms with van der Waals surface area (Å²) in [4.78, 5) is 36.6. The molecule has 8 heteroatoms. The minimum absolute atomic E-state index is 0.00617. The minimum atomic E-state index is -1.11. The van der Waals surface area contributed by atoms with E-state index in [0.29, 0.717) is 0 Å². The van der Waals surface area contributed by atoms with Crippen molar-refractivity contribution in [3.8, 4) is 0 Å². The highest BCUT2D eigenvalue weighted by atomic mass is 35.5. The number of carbonyl (C=O) groups is 3. The molecule has 0 aromatic heterocycles. The second-order valence-corrected chi connectivity index (χ2v) is 5.74. The Morgan fingerprint density at radius 1 is 1.43 bits per heavy atom. The van der Waals surface area contributed by atoms with E-state index in [9.17, 15) is 18.8 Å². The van der Waals surface area contributed by atoms with Gasteiger partial charge in [-0.05, 0) is 26.0 Å². The maximum Gasteiger partial charge on any atom is 0.299 e. The van der Waals surface area contributed by atoms with Crippen LogP contribution < -0.4 is 16.2 Å². The number of rotatable bonds is 3. The first-order chi connectivity index (χ1) is 9.70. The number of nitrogens with two attached hydrogens (primary N) is 1. The lowest BCUT2D eigenvalue weighted by Gasteiger charge is -2.28. The van der Waals surface area contributed by atoms with Crippen LogP contribution in [-0.4, -0.2) is 24.1 Å². The summed E-state index contributed by atoms with van der Waals surface area (Å²) >= 11 is 5.86. The molecule has 0 saturated heterocycles. The van der Waals surface area contributed by atoms with Crippen molar-refractivity contribution < 1.29 is 18.8 Å². The smallest absolute Gasteiger partial charge is 0.299 e. The van der Waals surface area contributed by atoms with Crippen molar-refractivity contribution in [2.45, 2.75) is 13.8 Å². The van der Waals surface area contributed by atoms with Crippen LogP contribution in [0.5, 0.6) is 0 Å². The fourth-order valence-electron chi connectivity index (χ4n) is 2.17. The lowest BCUT2D eigenvalue weighted by molar-refractivity contribution is -0.129. The van der Waals surface area contributed by atoms with Gasteiger partial charge < -0.3 is 4.90 Å². The Morgan fingerprint density at radius 3 is 2.62 bits per heavy atom. The fourth-order valence-corrected chi connectivity index (χ4v) is 2.40. The van der Waals surface area contributed by atoms with E-state index in [4.69, 9.17) is 17.4 Å². The molecule has 2 rings (SSSR count). The summed E-state index contributed by atoms with van der Waals surface area (Å²) in [6.45, 7) is 2.84. The van der Waals surface area contributed by atoms with E-state index in [-0.39, 0.29) is 22.8 Å². The van der Waals surface area contributed by atoms with Crippen LogP contribution in [0.25, 0.3) is 0 Å². The molecule has 1 aliphatic rings. The predicted molar refractivity (Wildman–Crippen MR) is 74.2 cm³/mol. The second kappa shape index (κ2) is 5.09. The van der Waals surface area contributed by atoms with Crippen LogP contribution in [0.2, 0.25) is 5.02 Å². The normalized spacial score (nSPS) is 14.4. The summed E-state index contributed by atoms with van der Waals surface area (Å²) in [6.07, 6.45) is 0. The largest absolute Gasteiger partial charge is 0.301 e. The SMILES string of the molecule is CC(C)(CN1C(=O)C(=O)c2c(Cl)ccc(F)c21)C(=O)NN. The molecule has 6 nitrogen and oxygen atoms in total. The van der Waals surface area contributed by atoms with Crippen LogP contribution in [0.1, 0.15) is 24.2 Å². The Morgan fingerprint density at radius 2 is 2.05 bits per heavy atom. The van der Waals surface area contributed by atoms with E-state index >= 15 is 0 Å². The molecule has 3 N–H and O–H groups in total. The van der Waals surface area contributed by atoms with Gasteiger partial charge in [-0.1, -0.05) is 11.6 Å². The van der Waals surface area contributed by atoms with E-state index in [1.807, 2.05) is 5.43 Å². The number of fused-ring (bicyclic) bond motifs is 1. The van der Waals surface area contributed by atoms with Crippen molar-refractivity contribution >= 4 is 34.9 Å². The first-order valence-electron chi connectivity index (χ1n) is 6.06. The van der Waals surface area contributed by atoms with Gasteiger partial charge in [0.1, 0.15) is 5.82 Å². The summed E-state index contributed by atoms with van der Waals surface area (Å²) in [5.41, 5.74) is 0.489. The number of hydrazine groups is 1. The van der Waals surface area contributed by atoms with Gasteiger partial charge in [-0.3, -0.25) is 19.8 Å². The molecule has 2 amide bonds. The highest BCUT2D eigenvalue weighted by Gasteiger charge is 2.43. The third kappa shape index (κ3) is 2.38. The van der Waals surface area contributed by atoms with Crippen LogP contribution in [-0.2, 0) is 9.59 Å². The molecule has 1 aliphatic heterocycles. The van der Waals surface area contributed by atoms with Crippen molar-refractivity contribution in [3.05, 3.63) is 28.5 Å². The number of ketones is 1. The number of Topliss-reactive ketones (excluding diaryl/α,β-unsaturated/α-hetero) is 1. The van der Waals surface area contributed by atoms with Gasteiger partial charge in [0.15, 0.2) is 0 Å². The molecule has 0 saturated carbocycles. The Hall–Kier alpha value is -1.99. The molecular weight excluding hydrogens is 301 g/mol. The molecular formula is C13H13ClFN3O3. The lowest BCUT2D eigenvalue weighted by Crippen LogP contribution is -2.48. The Balaban J connectivity index is 2.50. The number of halogens is 2. The molecule has 0 bridgehead atoms. The quantitative estimate of drug-likeness (QED) is 0.377. The molecule has 21 heavy (non-hydrogen) atoms. The monoisotopic (exact) mass is 313 g/mol. The summed E-state index contributed by atoms with van der Waals surface area (Å²) < 4.78 is 14.0. The molecule has 112 valence electrons. The topological polar surface area (TPSA) is 92.5 Å². The maximum atomic E-state index is 14.0. The van der Waals surface area contributed by atoms with Crippen molar-refractivity contribution in [3.63, 3.8) is 0 Å². The summed E-state index contributed by atoms with van der Waals surface area (Å²) in [5.74, 6) is 1.97. The summed E-state index contributed by atoms with van der Waals surface area (Å²) in [6, 6.07) is 2.28. The average molecular weight is 314 g/mol. The number of benzene rings is 1. The van der Waals surface area contributed by atoms with Gasteiger partial charge in [0.05, 0.1) is 21.7 Å². The van der Waals surface area contributed by atoms with Gasteiger partial charge in [0, 0.05) is 6.54 Å². The first-order valence-corrected chi connectivity index (χ1v) is 6.43. The van der Waals surface area contributed by atoms with E-state index in [2.05, 4.69) is 0 Å². The van der Waals surface area contributed by atoms with Gasteiger partial charge in [-0.2, -0.15) is 0 Å². The van der Waals surface area contributed by atoms with Crippen LogP contribution in [0.4, 0.5) is 10.1 Å². The van der Waals surface area contributed by atoms with E-state index in [1.165, 1.54) is 19.9 Å². The van der Waals surface area contributed by atoms with Crippen LogP contribution >= 0.6 is 11.6 Å². The molecule has 1 aromatic rings. The zero-order chi connectivity index (χ0) is 15.9. The number of nitrogens with zero attached hydrogens (tertiary/aromatic N) is 1. The van der Waals surface area contributed by atoms with Crippen molar-refractivity contribution in [2.75, 3.05) is 11.4 Å². The van der Waals surface area contributed by atoms with Crippen molar-refractivity contribution in [1.29, 1.82) is 0 Å². The second-order valence-electron chi connectivity index (χ2n) is 5.33. The van der Waals surface area contributed by atoms with Gasteiger partial charge in [-0.25, -0.2) is 10.2 Å². The van der Waals surface area contributed by atoms with Crippen LogP contribution in [0, 0.1) is 11.2 Å². The number of carbonyl (C=O) groups excluding carboxylic acids is 3. The number of amides is 2. The number of nitrogens with one attached hydrogen (secondary N) is 1. The van der Waals surface area contributed by atoms with Gasteiger partial charge in [-0.15, -0.1) is 0 Å². The third-order valence-corrected chi connectivity index (χ3v) is 3.63. The summed E-state index contributed by atoms with van der Waals surface area (Å²) in [7, 11) is 0. The fraction of sp³-hybridized carbons (Fsp3) is 0.308. The molecule has 0 aliphatic carbocycles. The molecule has 1 heterocycles. The molecule has 0 unspecified atom stereocenters. The number of anilines is 1. The molecule has 0 fully saturated rings. The lowest BCUT2D eigenvalue weighted by atomic mass is 9.91. The third-order valence-electron chi connectivity index (χ3n) is 3.31. The maximum absolute atomic E-state index is 14.0. The van der Waals surface area contributed by atoms with Gasteiger partial charge in [0.2, 0.25) is 5.91 Å². The van der Waals surface area contributed by atoms with Crippen molar-refractivity contribution in [1.82, 2.24) is 5.43 Å². The first kappa shape index (κ1) is 15.4. The highest BCUT2D eigenvalue weighted by Crippen LogP contribution is 2.38. The zero-order valence-electron chi connectivity index (χ0n) is 11.4. The summed E-state index contributed by atoms with van der Waals surface area (Å²) in [5, 5.41) is -0.00617. The van der Waals surface area contributed by atoms with E-state index in [0.717, 1.165) is 11.0 Å². The Labute approximate surface area is 125 Å². The average Bonchev–Trinajstić information content (AvgIpc) is 2.67. The molecule has 0 radical (unpaired) electrons. The highest BCUT2D eigenvalue weighted by molar-refractivity contribution is 6.55. The van der Waals surface area contributed by atoms with E-state index in [1.54, 1.807) is 0 Å². The molecule has 1 aromatic carbocycles. The standard InChI is InChI=1S/C13H13ClFN3O3/c1-13(2,12(21)17-16)5-18-9-7(15)4-3-6(14)8(9)10(19)11(18)20/h3-4H,5,16H2,1-2H3,(H,17,21). The number of hydrogen-bond donors (Lipinski definition) is 2. The Kier molecular flexibility index (Phi) is 3.73. The minimum Gasteiger partial charge on any atom is -0.301 e. The number of hydrogen-bond acceptors (Lipinski definition) is 4. The van der Waals surface area contributed by atoms with Crippen LogP contribution in [0.3, 0.4) is 0 Å². The predicted octanol–water partition coefficient (Wildman–Crippen LogP) is 1.02. The van der Waals surface area contributed by atoms with Gasteiger partial charge >= 0.3 is 0 Å². The zero-order valence-corrected chi connectivity index (χ0v) is 12.1. The van der Waals surface area contributed by atoms with Gasteiger partial charge in [0.25, 0.3) is 11.7 Å². The molecule has 0 spiro atoms. The van der Waals surface area contributed by atoms with E-state index < -0.39 is 28.8 Å². The molecule has 0 atom stereocenters. The van der Waals surface area contributed by atoms with Crippen LogP contribution in [0.15, 0.2) is 12.1 Å².